The second kappa shape index (κ2) is 5.33. The first-order chi connectivity index (χ1) is 8.52. The van der Waals surface area contributed by atoms with Crippen molar-refractivity contribution in [3.8, 4) is 11.1 Å². The largest absolute Gasteiger partial charge is 0.392 e. The molecule has 0 fully saturated rings. The molecular weight excluding hydrogens is 295 g/mol. The van der Waals surface area contributed by atoms with Crippen molar-refractivity contribution in [3.05, 3.63) is 45.0 Å². The van der Waals surface area contributed by atoms with Crippen LogP contribution < -0.4 is 5.73 Å². The van der Waals surface area contributed by atoms with Crippen LogP contribution in [0.3, 0.4) is 0 Å². The SMILES string of the molecule is Nc1cc(CO)c(-c2c(Cl)cc(Cl)cc2Cl)cn1. The Bertz CT molecular complexity index is 579. The van der Waals surface area contributed by atoms with Gasteiger partial charge in [0.2, 0.25) is 0 Å². The van der Waals surface area contributed by atoms with Crippen molar-refractivity contribution in [2.24, 2.45) is 0 Å². The Morgan fingerprint density at radius 2 is 1.72 bits per heavy atom. The molecule has 0 saturated carbocycles. The van der Waals surface area contributed by atoms with Crippen molar-refractivity contribution >= 4 is 40.6 Å². The minimum absolute atomic E-state index is 0.183. The fourth-order valence-corrected chi connectivity index (χ4v) is 2.69. The Morgan fingerprint density at radius 3 is 2.28 bits per heavy atom. The van der Waals surface area contributed by atoms with Gasteiger partial charge < -0.3 is 10.8 Å². The molecule has 18 heavy (non-hydrogen) atoms. The summed E-state index contributed by atoms with van der Waals surface area (Å²) < 4.78 is 0. The highest BCUT2D eigenvalue weighted by atomic mass is 35.5. The molecule has 0 aliphatic carbocycles. The van der Waals surface area contributed by atoms with Gasteiger partial charge in [-0.2, -0.15) is 0 Å². The third-order valence-electron chi connectivity index (χ3n) is 2.46. The standard InChI is InChI=1S/C12H9Cl3N2O/c13-7-2-9(14)12(10(15)3-7)8-4-17-11(16)1-6(8)5-18/h1-4,18H,5H2,(H2,16,17). The molecule has 0 saturated heterocycles. The van der Waals surface area contributed by atoms with Crippen molar-refractivity contribution in [1.29, 1.82) is 0 Å². The van der Waals surface area contributed by atoms with Crippen LogP contribution >= 0.6 is 34.8 Å². The predicted octanol–water partition coefficient (Wildman–Crippen LogP) is 3.78. The van der Waals surface area contributed by atoms with Crippen LogP contribution in [0.2, 0.25) is 15.1 Å². The number of hydrogen-bond acceptors (Lipinski definition) is 3. The summed E-state index contributed by atoms with van der Waals surface area (Å²) in [7, 11) is 0. The Hall–Kier alpha value is -1.00. The molecule has 0 unspecified atom stereocenters. The monoisotopic (exact) mass is 302 g/mol. The molecule has 6 heteroatoms. The summed E-state index contributed by atoms with van der Waals surface area (Å²) in [5.74, 6) is 0.323. The average Bonchev–Trinajstić information content (AvgIpc) is 2.29. The van der Waals surface area contributed by atoms with Gasteiger partial charge in [-0.05, 0) is 23.8 Å². The van der Waals surface area contributed by atoms with E-state index in [4.69, 9.17) is 40.5 Å². The lowest BCUT2D eigenvalue weighted by Gasteiger charge is -2.12. The van der Waals surface area contributed by atoms with E-state index in [1.165, 1.54) is 6.20 Å². The first-order valence-electron chi connectivity index (χ1n) is 5.03. The second-order valence-corrected chi connectivity index (χ2v) is 4.92. The minimum atomic E-state index is -0.183. The molecular formula is C12H9Cl3N2O. The van der Waals surface area contributed by atoms with Gasteiger partial charge in [0.05, 0.1) is 16.7 Å². The molecule has 2 rings (SSSR count). The van der Waals surface area contributed by atoms with Gasteiger partial charge in [-0.3, -0.25) is 0 Å². The fraction of sp³-hybridized carbons (Fsp3) is 0.0833. The number of hydrogen-bond donors (Lipinski definition) is 2. The quantitative estimate of drug-likeness (QED) is 0.887. The lowest BCUT2D eigenvalue weighted by Crippen LogP contribution is -1.97. The van der Waals surface area contributed by atoms with Crippen molar-refractivity contribution in [2.45, 2.75) is 6.61 Å². The summed E-state index contributed by atoms with van der Waals surface area (Å²) in [6.45, 7) is -0.183. The van der Waals surface area contributed by atoms with E-state index >= 15 is 0 Å². The summed E-state index contributed by atoms with van der Waals surface area (Å²) >= 11 is 18.1. The first kappa shape index (κ1) is 13.4. The summed E-state index contributed by atoms with van der Waals surface area (Å²) in [6.07, 6.45) is 1.53. The number of pyridine rings is 1. The molecule has 2 aromatic rings. The molecule has 0 bridgehead atoms. The van der Waals surface area contributed by atoms with Gasteiger partial charge in [0.1, 0.15) is 5.82 Å². The number of nitrogens with zero attached hydrogens (tertiary/aromatic N) is 1. The van der Waals surface area contributed by atoms with Crippen LogP contribution in [-0.4, -0.2) is 10.1 Å². The molecule has 3 nitrogen and oxygen atoms in total. The zero-order valence-corrected chi connectivity index (χ0v) is 11.4. The van der Waals surface area contributed by atoms with Crippen LogP contribution in [-0.2, 0) is 6.61 Å². The number of aliphatic hydroxyl groups excluding tert-OH is 1. The smallest absolute Gasteiger partial charge is 0.123 e. The van der Waals surface area contributed by atoms with E-state index in [0.717, 1.165) is 0 Å². The van der Waals surface area contributed by atoms with Gasteiger partial charge in [-0.15, -0.1) is 0 Å². The van der Waals surface area contributed by atoms with Crippen molar-refractivity contribution in [1.82, 2.24) is 4.98 Å². The van der Waals surface area contributed by atoms with E-state index in [9.17, 15) is 5.11 Å². The number of aliphatic hydroxyl groups is 1. The van der Waals surface area contributed by atoms with E-state index in [0.29, 0.717) is 37.6 Å². The van der Waals surface area contributed by atoms with E-state index in [1.54, 1.807) is 18.2 Å². The third-order valence-corrected chi connectivity index (χ3v) is 3.27. The maximum Gasteiger partial charge on any atom is 0.123 e. The maximum atomic E-state index is 9.35. The van der Waals surface area contributed by atoms with Gasteiger partial charge in [-0.1, -0.05) is 34.8 Å². The highest BCUT2D eigenvalue weighted by Gasteiger charge is 2.14. The molecule has 0 aliphatic heterocycles. The fourth-order valence-electron chi connectivity index (χ4n) is 1.67. The molecule has 1 aromatic heterocycles. The van der Waals surface area contributed by atoms with Crippen LogP contribution in [0.4, 0.5) is 5.82 Å². The molecule has 1 heterocycles. The van der Waals surface area contributed by atoms with E-state index in [2.05, 4.69) is 4.98 Å². The van der Waals surface area contributed by atoms with Gasteiger partial charge in [0.25, 0.3) is 0 Å². The van der Waals surface area contributed by atoms with E-state index in [1.807, 2.05) is 0 Å². The molecule has 0 aliphatic rings. The number of halogens is 3. The molecule has 0 radical (unpaired) electrons. The number of rotatable bonds is 2. The predicted molar refractivity (Wildman–Crippen MR) is 75.0 cm³/mol. The van der Waals surface area contributed by atoms with Crippen LogP contribution in [0.1, 0.15) is 5.56 Å². The van der Waals surface area contributed by atoms with Crippen molar-refractivity contribution in [2.75, 3.05) is 5.73 Å². The van der Waals surface area contributed by atoms with Crippen LogP contribution in [0.15, 0.2) is 24.4 Å². The maximum absolute atomic E-state index is 9.35. The number of aromatic nitrogens is 1. The number of nitrogens with two attached hydrogens (primary N) is 1. The van der Waals surface area contributed by atoms with Crippen LogP contribution in [0.5, 0.6) is 0 Å². The molecule has 0 atom stereocenters. The number of benzene rings is 1. The average molecular weight is 304 g/mol. The summed E-state index contributed by atoms with van der Waals surface area (Å²) in [4.78, 5) is 3.99. The van der Waals surface area contributed by atoms with Crippen molar-refractivity contribution < 1.29 is 5.11 Å². The topological polar surface area (TPSA) is 59.1 Å². The minimum Gasteiger partial charge on any atom is -0.392 e. The highest BCUT2D eigenvalue weighted by Crippen LogP contribution is 2.38. The molecule has 94 valence electrons. The first-order valence-corrected chi connectivity index (χ1v) is 6.16. The Morgan fingerprint density at radius 1 is 1.11 bits per heavy atom. The van der Waals surface area contributed by atoms with Crippen LogP contribution in [0, 0.1) is 0 Å². The molecule has 0 amide bonds. The normalized spacial score (nSPS) is 10.7. The van der Waals surface area contributed by atoms with Crippen molar-refractivity contribution in [3.63, 3.8) is 0 Å². The zero-order chi connectivity index (χ0) is 13.3. The van der Waals surface area contributed by atoms with Crippen LogP contribution in [0.25, 0.3) is 11.1 Å². The molecule has 3 N–H and O–H groups in total. The summed E-state index contributed by atoms with van der Waals surface area (Å²) in [5.41, 5.74) is 7.40. The Balaban J connectivity index is 2.69. The zero-order valence-electron chi connectivity index (χ0n) is 9.12. The second-order valence-electron chi connectivity index (χ2n) is 3.67. The van der Waals surface area contributed by atoms with Gasteiger partial charge >= 0.3 is 0 Å². The van der Waals surface area contributed by atoms with Gasteiger partial charge in [-0.25, -0.2) is 4.98 Å². The highest BCUT2D eigenvalue weighted by molar-refractivity contribution is 6.41. The molecule has 1 aromatic carbocycles. The summed E-state index contributed by atoms with van der Waals surface area (Å²) in [5, 5.41) is 10.6. The van der Waals surface area contributed by atoms with E-state index < -0.39 is 0 Å². The molecule has 0 spiro atoms. The number of anilines is 1. The van der Waals surface area contributed by atoms with E-state index in [-0.39, 0.29) is 6.61 Å². The van der Waals surface area contributed by atoms with Gasteiger partial charge in [0, 0.05) is 22.3 Å². The lowest BCUT2D eigenvalue weighted by atomic mass is 10.0. The Labute approximate surface area is 119 Å². The third kappa shape index (κ3) is 2.54. The lowest BCUT2D eigenvalue weighted by molar-refractivity contribution is 0.282. The summed E-state index contributed by atoms with van der Waals surface area (Å²) in [6, 6.07) is 4.75. The number of nitrogen functional groups attached to an aromatic ring is 1. The van der Waals surface area contributed by atoms with Gasteiger partial charge in [0.15, 0.2) is 0 Å². The Kier molecular flexibility index (Phi) is 3.97.